The number of halogens is 3. The molecular weight excluding hydrogens is 295 g/mol. The van der Waals surface area contributed by atoms with Gasteiger partial charge in [0.05, 0.1) is 19.1 Å². The summed E-state index contributed by atoms with van der Waals surface area (Å²) in [5.41, 5.74) is -0.386. The summed E-state index contributed by atoms with van der Waals surface area (Å²) >= 11 is 0. The van der Waals surface area contributed by atoms with E-state index in [0.29, 0.717) is 0 Å². The van der Waals surface area contributed by atoms with Gasteiger partial charge in [0.25, 0.3) is 5.91 Å². The van der Waals surface area contributed by atoms with Gasteiger partial charge in [-0.05, 0) is 18.2 Å². The van der Waals surface area contributed by atoms with Crippen molar-refractivity contribution in [3.8, 4) is 11.5 Å². The predicted octanol–water partition coefficient (Wildman–Crippen LogP) is 1.54. The van der Waals surface area contributed by atoms with E-state index in [1.54, 1.807) is 5.32 Å². The minimum absolute atomic E-state index is 0.181. The molecule has 21 heavy (non-hydrogen) atoms. The van der Waals surface area contributed by atoms with Gasteiger partial charge in [-0.1, -0.05) is 0 Å². The van der Waals surface area contributed by atoms with E-state index in [2.05, 4.69) is 0 Å². The predicted molar refractivity (Wildman–Crippen MR) is 64.2 cm³/mol. The number of phenolic OH excluding ortho intramolecular Hbond substituents is 1. The zero-order valence-corrected chi connectivity index (χ0v) is 10.8. The van der Waals surface area contributed by atoms with Crippen LogP contribution < -0.4 is 10.1 Å². The molecule has 9 heteroatoms. The number of nitrogens with one attached hydrogen (secondary N) is 1. The topological polar surface area (TPSA) is 95.9 Å². The van der Waals surface area contributed by atoms with Crippen molar-refractivity contribution >= 4 is 11.9 Å². The van der Waals surface area contributed by atoms with E-state index < -0.39 is 36.3 Å². The zero-order valence-electron chi connectivity index (χ0n) is 10.8. The Labute approximate surface area is 117 Å². The molecule has 0 spiro atoms. The Bertz CT molecular complexity index is 544. The summed E-state index contributed by atoms with van der Waals surface area (Å²) in [7, 11) is 1.29. The Hall–Kier alpha value is -2.45. The van der Waals surface area contributed by atoms with Gasteiger partial charge < -0.3 is 20.3 Å². The second-order valence-corrected chi connectivity index (χ2v) is 4.07. The van der Waals surface area contributed by atoms with Crippen molar-refractivity contribution in [3.05, 3.63) is 23.8 Å². The molecule has 0 fully saturated rings. The van der Waals surface area contributed by atoms with E-state index in [4.69, 9.17) is 9.84 Å². The molecule has 0 aromatic heterocycles. The SMILES string of the molecule is COc1ccc(O)c(C(=O)NC(CC(F)(F)F)C(=O)O)c1. The highest BCUT2D eigenvalue weighted by molar-refractivity contribution is 5.99. The maximum Gasteiger partial charge on any atom is 0.391 e. The van der Waals surface area contributed by atoms with E-state index in [1.165, 1.54) is 13.2 Å². The van der Waals surface area contributed by atoms with Gasteiger partial charge in [-0.2, -0.15) is 13.2 Å². The summed E-state index contributed by atoms with van der Waals surface area (Å²) in [6.07, 6.45) is -6.48. The standard InChI is InChI=1S/C12H12F3NO5/c1-21-6-2-3-9(17)7(4-6)10(18)16-8(11(19)20)5-12(13,14)15/h2-4,8,17H,5H2,1H3,(H,16,18)(H,19,20). The lowest BCUT2D eigenvalue weighted by atomic mass is 10.1. The Morgan fingerprint density at radius 3 is 2.48 bits per heavy atom. The minimum Gasteiger partial charge on any atom is -0.507 e. The third-order valence-corrected chi connectivity index (χ3v) is 2.49. The molecule has 1 unspecified atom stereocenters. The number of aromatic hydroxyl groups is 1. The van der Waals surface area contributed by atoms with Crippen LogP contribution in [0.1, 0.15) is 16.8 Å². The third-order valence-electron chi connectivity index (χ3n) is 2.49. The van der Waals surface area contributed by atoms with E-state index in [9.17, 15) is 27.9 Å². The normalized spacial score (nSPS) is 12.6. The summed E-state index contributed by atoms with van der Waals surface area (Å²) in [5.74, 6) is -3.31. The van der Waals surface area contributed by atoms with Gasteiger partial charge in [-0.15, -0.1) is 0 Å². The van der Waals surface area contributed by atoms with Crippen molar-refractivity contribution < 1.29 is 37.7 Å². The van der Waals surface area contributed by atoms with Crippen LogP contribution in [0.5, 0.6) is 11.5 Å². The number of carbonyl (C=O) groups excluding carboxylic acids is 1. The summed E-state index contributed by atoms with van der Waals surface area (Å²) in [6, 6.07) is 1.36. The number of carboxylic acids is 1. The maximum atomic E-state index is 12.2. The summed E-state index contributed by atoms with van der Waals surface area (Å²) in [4.78, 5) is 22.5. The number of hydrogen-bond acceptors (Lipinski definition) is 4. The zero-order chi connectivity index (χ0) is 16.2. The summed E-state index contributed by atoms with van der Waals surface area (Å²) in [5, 5.41) is 19.9. The molecule has 0 radical (unpaired) electrons. The molecule has 0 aliphatic carbocycles. The van der Waals surface area contributed by atoms with Crippen molar-refractivity contribution in [2.24, 2.45) is 0 Å². The van der Waals surface area contributed by atoms with Crippen LogP contribution in [-0.4, -0.2) is 41.4 Å². The van der Waals surface area contributed by atoms with Gasteiger partial charge in [0.15, 0.2) is 0 Å². The number of rotatable bonds is 5. The monoisotopic (exact) mass is 307 g/mol. The van der Waals surface area contributed by atoms with E-state index in [0.717, 1.165) is 12.1 Å². The van der Waals surface area contributed by atoms with Gasteiger partial charge in [-0.3, -0.25) is 4.79 Å². The Balaban J connectivity index is 2.94. The Kier molecular flexibility index (Phi) is 5.01. The Morgan fingerprint density at radius 1 is 1.38 bits per heavy atom. The van der Waals surface area contributed by atoms with E-state index in [1.807, 2.05) is 0 Å². The first-order valence-electron chi connectivity index (χ1n) is 5.61. The number of phenols is 1. The largest absolute Gasteiger partial charge is 0.507 e. The van der Waals surface area contributed by atoms with Gasteiger partial charge in [0.1, 0.15) is 17.5 Å². The van der Waals surface area contributed by atoms with Crippen LogP contribution in [-0.2, 0) is 4.79 Å². The van der Waals surface area contributed by atoms with Gasteiger partial charge in [0.2, 0.25) is 0 Å². The van der Waals surface area contributed by atoms with Gasteiger partial charge in [-0.25, -0.2) is 4.79 Å². The van der Waals surface area contributed by atoms with Crippen LogP contribution in [0.3, 0.4) is 0 Å². The van der Waals surface area contributed by atoms with Crippen LogP contribution in [0.25, 0.3) is 0 Å². The lowest BCUT2D eigenvalue weighted by molar-refractivity contribution is -0.157. The highest BCUT2D eigenvalue weighted by Gasteiger charge is 2.36. The maximum absolute atomic E-state index is 12.2. The second kappa shape index (κ2) is 6.33. The summed E-state index contributed by atoms with van der Waals surface area (Å²) < 4.78 is 41.5. The number of amides is 1. The molecule has 0 aliphatic rings. The average molecular weight is 307 g/mol. The lowest BCUT2D eigenvalue weighted by Gasteiger charge is -2.16. The molecular formula is C12H12F3NO5. The van der Waals surface area contributed by atoms with Crippen molar-refractivity contribution in [1.82, 2.24) is 5.32 Å². The molecule has 1 aromatic carbocycles. The molecule has 116 valence electrons. The molecule has 3 N–H and O–H groups in total. The first-order chi connectivity index (χ1) is 9.64. The molecule has 6 nitrogen and oxygen atoms in total. The number of carbonyl (C=O) groups is 2. The fraction of sp³-hybridized carbons (Fsp3) is 0.333. The lowest BCUT2D eigenvalue weighted by Crippen LogP contribution is -2.43. The molecule has 0 bridgehead atoms. The number of methoxy groups -OCH3 is 1. The molecule has 0 heterocycles. The van der Waals surface area contributed by atoms with E-state index >= 15 is 0 Å². The Morgan fingerprint density at radius 2 is 2.00 bits per heavy atom. The van der Waals surface area contributed by atoms with Crippen LogP contribution in [0.4, 0.5) is 13.2 Å². The quantitative estimate of drug-likeness (QED) is 0.767. The third kappa shape index (κ3) is 4.86. The molecule has 0 saturated carbocycles. The first kappa shape index (κ1) is 16.6. The molecule has 0 saturated heterocycles. The van der Waals surface area contributed by atoms with Crippen LogP contribution >= 0.6 is 0 Å². The van der Waals surface area contributed by atoms with Crippen LogP contribution in [0.2, 0.25) is 0 Å². The van der Waals surface area contributed by atoms with Crippen molar-refractivity contribution in [1.29, 1.82) is 0 Å². The summed E-state index contributed by atoms with van der Waals surface area (Å²) in [6.45, 7) is 0. The smallest absolute Gasteiger partial charge is 0.391 e. The van der Waals surface area contributed by atoms with Crippen LogP contribution in [0, 0.1) is 0 Å². The van der Waals surface area contributed by atoms with E-state index in [-0.39, 0.29) is 11.3 Å². The van der Waals surface area contributed by atoms with Gasteiger partial charge >= 0.3 is 12.1 Å². The number of alkyl halides is 3. The molecule has 1 atom stereocenters. The minimum atomic E-state index is -4.76. The fourth-order valence-corrected chi connectivity index (χ4v) is 1.49. The van der Waals surface area contributed by atoms with Gasteiger partial charge in [0, 0.05) is 0 Å². The van der Waals surface area contributed by atoms with Crippen molar-refractivity contribution in [2.75, 3.05) is 7.11 Å². The number of benzene rings is 1. The molecule has 0 aliphatic heterocycles. The van der Waals surface area contributed by atoms with Crippen LogP contribution in [0.15, 0.2) is 18.2 Å². The second-order valence-electron chi connectivity index (χ2n) is 4.07. The number of ether oxygens (including phenoxy) is 1. The highest BCUT2D eigenvalue weighted by atomic mass is 19.4. The highest BCUT2D eigenvalue weighted by Crippen LogP contribution is 2.24. The van der Waals surface area contributed by atoms with Crippen molar-refractivity contribution in [3.63, 3.8) is 0 Å². The number of carboxylic acid groups (broad SMARTS) is 1. The molecule has 1 amide bonds. The fourth-order valence-electron chi connectivity index (χ4n) is 1.49. The first-order valence-corrected chi connectivity index (χ1v) is 5.61. The molecule has 1 rings (SSSR count). The number of hydrogen-bond donors (Lipinski definition) is 3. The number of aliphatic carboxylic acids is 1. The average Bonchev–Trinajstić information content (AvgIpc) is 2.36. The van der Waals surface area contributed by atoms with Crippen molar-refractivity contribution in [2.45, 2.75) is 18.6 Å². The molecule has 1 aromatic rings.